The monoisotopic (exact) mass is 422 g/mol. The zero-order chi connectivity index (χ0) is 21.3. The van der Waals surface area contributed by atoms with Gasteiger partial charge in [-0.25, -0.2) is 10.2 Å². The third-order valence-corrected chi connectivity index (χ3v) is 4.24. The summed E-state index contributed by atoms with van der Waals surface area (Å²) in [5.41, 5.74) is 3.62. The zero-order valence-electron chi connectivity index (χ0n) is 16.1. The van der Waals surface area contributed by atoms with Gasteiger partial charge in [0, 0.05) is 5.02 Å². The molecule has 0 aliphatic rings. The maximum Gasteiger partial charge on any atom is 0.343 e. The van der Waals surface area contributed by atoms with Gasteiger partial charge in [0.1, 0.15) is 11.5 Å². The molecule has 0 aromatic heterocycles. The van der Waals surface area contributed by atoms with Crippen molar-refractivity contribution in [3.63, 3.8) is 0 Å². The minimum atomic E-state index is -0.733. The lowest BCUT2D eigenvalue weighted by Crippen LogP contribution is -2.33. The molecule has 1 unspecified atom stereocenters. The predicted octanol–water partition coefficient (Wildman–Crippen LogP) is 4.48. The van der Waals surface area contributed by atoms with Gasteiger partial charge in [-0.3, -0.25) is 4.79 Å². The number of hydrogen-bond acceptors (Lipinski definition) is 5. The van der Waals surface area contributed by atoms with Crippen LogP contribution in [0.1, 0.15) is 22.8 Å². The molecule has 0 radical (unpaired) electrons. The highest BCUT2D eigenvalue weighted by atomic mass is 35.5. The Bertz CT molecular complexity index is 1020. The molecule has 0 saturated heterocycles. The van der Waals surface area contributed by atoms with E-state index in [1.807, 2.05) is 6.07 Å². The summed E-state index contributed by atoms with van der Waals surface area (Å²) < 4.78 is 10.8. The third kappa shape index (κ3) is 6.18. The number of amides is 1. The molecule has 30 heavy (non-hydrogen) atoms. The van der Waals surface area contributed by atoms with Crippen LogP contribution in [0.5, 0.6) is 11.5 Å². The van der Waals surface area contributed by atoms with Gasteiger partial charge in [0.15, 0.2) is 6.10 Å². The number of rotatable bonds is 7. The SMILES string of the molecule is CC(Oc1ccc(Cl)cc1)C(=O)NN=Cc1ccc(OC(=O)c2ccccc2)cc1. The molecule has 0 aliphatic carbocycles. The van der Waals surface area contributed by atoms with Crippen LogP contribution in [0.25, 0.3) is 0 Å². The molecule has 152 valence electrons. The average Bonchev–Trinajstić information content (AvgIpc) is 2.77. The number of nitrogens with one attached hydrogen (secondary N) is 1. The van der Waals surface area contributed by atoms with Gasteiger partial charge in [-0.15, -0.1) is 0 Å². The lowest BCUT2D eigenvalue weighted by Gasteiger charge is -2.12. The molecule has 0 bridgehead atoms. The van der Waals surface area contributed by atoms with E-state index < -0.39 is 18.0 Å². The first-order valence-corrected chi connectivity index (χ1v) is 9.51. The molecule has 3 aromatic carbocycles. The molecule has 0 spiro atoms. The van der Waals surface area contributed by atoms with Crippen molar-refractivity contribution in [1.82, 2.24) is 5.43 Å². The van der Waals surface area contributed by atoms with Gasteiger partial charge in [0.05, 0.1) is 11.8 Å². The predicted molar refractivity (Wildman–Crippen MR) is 115 cm³/mol. The van der Waals surface area contributed by atoms with Gasteiger partial charge in [-0.2, -0.15) is 5.10 Å². The second kappa shape index (κ2) is 10.2. The summed E-state index contributed by atoms with van der Waals surface area (Å²) in [4.78, 5) is 24.1. The molecule has 1 amide bonds. The van der Waals surface area contributed by atoms with Gasteiger partial charge >= 0.3 is 5.97 Å². The summed E-state index contributed by atoms with van der Waals surface area (Å²) in [6, 6.07) is 22.2. The average molecular weight is 423 g/mol. The van der Waals surface area contributed by atoms with Gasteiger partial charge in [-0.05, 0) is 73.2 Å². The maximum atomic E-state index is 12.1. The van der Waals surface area contributed by atoms with E-state index >= 15 is 0 Å². The van der Waals surface area contributed by atoms with E-state index in [1.54, 1.807) is 79.7 Å². The highest BCUT2D eigenvalue weighted by molar-refractivity contribution is 6.30. The number of halogens is 1. The number of hydrazone groups is 1. The number of hydrogen-bond donors (Lipinski definition) is 1. The van der Waals surface area contributed by atoms with Crippen LogP contribution in [0.3, 0.4) is 0 Å². The Kier molecular flexibility index (Phi) is 7.19. The van der Waals surface area contributed by atoms with Crippen LogP contribution >= 0.6 is 11.6 Å². The van der Waals surface area contributed by atoms with Crippen LogP contribution in [0.2, 0.25) is 5.02 Å². The quantitative estimate of drug-likeness (QED) is 0.263. The number of carbonyl (C=O) groups is 2. The van der Waals surface area contributed by atoms with E-state index in [0.717, 1.165) is 5.56 Å². The third-order valence-electron chi connectivity index (χ3n) is 3.98. The van der Waals surface area contributed by atoms with Crippen molar-refractivity contribution in [3.05, 3.63) is 95.0 Å². The van der Waals surface area contributed by atoms with Gasteiger partial charge in [0.2, 0.25) is 0 Å². The van der Waals surface area contributed by atoms with Crippen LogP contribution in [-0.2, 0) is 4.79 Å². The molecular formula is C23H19ClN2O4. The maximum absolute atomic E-state index is 12.1. The molecule has 1 N–H and O–H groups in total. The summed E-state index contributed by atoms with van der Waals surface area (Å²) in [5, 5.41) is 4.51. The topological polar surface area (TPSA) is 77.0 Å². The van der Waals surface area contributed by atoms with Gasteiger partial charge < -0.3 is 9.47 Å². The summed E-state index contributed by atoms with van der Waals surface area (Å²) in [7, 11) is 0. The van der Waals surface area contributed by atoms with Crippen LogP contribution in [0, 0.1) is 0 Å². The number of nitrogens with zero attached hydrogens (tertiary/aromatic N) is 1. The molecule has 3 rings (SSSR count). The number of esters is 1. The van der Waals surface area contributed by atoms with Crippen molar-refractivity contribution < 1.29 is 19.1 Å². The van der Waals surface area contributed by atoms with E-state index in [-0.39, 0.29) is 0 Å². The molecule has 0 fully saturated rings. The zero-order valence-corrected chi connectivity index (χ0v) is 16.9. The lowest BCUT2D eigenvalue weighted by molar-refractivity contribution is -0.127. The molecular weight excluding hydrogens is 404 g/mol. The highest BCUT2D eigenvalue weighted by Gasteiger charge is 2.13. The Hall–Kier alpha value is -3.64. The van der Waals surface area contributed by atoms with Crippen molar-refractivity contribution in [3.8, 4) is 11.5 Å². The molecule has 7 heteroatoms. The highest BCUT2D eigenvalue weighted by Crippen LogP contribution is 2.17. The fourth-order valence-corrected chi connectivity index (χ4v) is 2.52. The Morgan fingerprint density at radius 3 is 2.23 bits per heavy atom. The molecule has 3 aromatic rings. The summed E-state index contributed by atoms with van der Waals surface area (Å²) in [5.74, 6) is 0.121. The first-order chi connectivity index (χ1) is 14.5. The number of carbonyl (C=O) groups excluding carboxylic acids is 2. The Morgan fingerprint density at radius 2 is 1.57 bits per heavy atom. The van der Waals surface area contributed by atoms with Crippen LogP contribution in [0.15, 0.2) is 84.0 Å². The Morgan fingerprint density at radius 1 is 0.933 bits per heavy atom. The number of ether oxygens (including phenoxy) is 2. The minimum Gasteiger partial charge on any atom is -0.481 e. The van der Waals surface area contributed by atoms with E-state index in [9.17, 15) is 9.59 Å². The summed E-state index contributed by atoms with van der Waals surface area (Å²) in [6.45, 7) is 1.62. The lowest BCUT2D eigenvalue weighted by atomic mass is 10.2. The smallest absolute Gasteiger partial charge is 0.343 e. The van der Waals surface area contributed by atoms with Crippen molar-refractivity contribution in [2.24, 2.45) is 5.10 Å². The Balaban J connectivity index is 1.49. The Labute approximate surface area is 179 Å². The van der Waals surface area contributed by atoms with E-state index in [4.69, 9.17) is 21.1 Å². The number of benzene rings is 3. The van der Waals surface area contributed by atoms with Gasteiger partial charge in [-0.1, -0.05) is 29.8 Å². The van der Waals surface area contributed by atoms with Gasteiger partial charge in [0.25, 0.3) is 5.91 Å². The second-order valence-electron chi connectivity index (χ2n) is 6.27. The first kappa shape index (κ1) is 21.1. The van der Waals surface area contributed by atoms with E-state index in [1.165, 1.54) is 6.21 Å². The van der Waals surface area contributed by atoms with Crippen molar-refractivity contribution >= 4 is 29.7 Å². The molecule has 0 heterocycles. The standard InChI is InChI=1S/C23H19ClN2O4/c1-16(29-20-13-9-19(24)10-14-20)22(27)26-25-15-17-7-11-21(12-8-17)30-23(28)18-5-3-2-4-6-18/h2-16H,1H3,(H,26,27). The fraction of sp³-hybridized carbons (Fsp3) is 0.0870. The van der Waals surface area contributed by atoms with Crippen LogP contribution in [0.4, 0.5) is 0 Å². The van der Waals surface area contributed by atoms with E-state index in [2.05, 4.69) is 10.5 Å². The van der Waals surface area contributed by atoms with Crippen LogP contribution < -0.4 is 14.9 Å². The van der Waals surface area contributed by atoms with Crippen molar-refractivity contribution in [2.75, 3.05) is 0 Å². The van der Waals surface area contributed by atoms with Crippen LogP contribution in [-0.4, -0.2) is 24.2 Å². The second-order valence-corrected chi connectivity index (χ2v) is 6.71. The first-order valence-electron chi connectivity index (χ1n) is 9.14. The van der Waals surface area contributed by atoms with E-state index in [0.29, 0.717) is 22.1 Å². The molecule has 0 saturated carbocycles. The normalized spacial score (nSPS) is 11.7. The summed E-state index contributed by atoms with van der Waals surface area (Å²) in [6.07, 6.45) is 0.749. The van der Waals surface area contributed by atoms with Crippen molar-refractivity contribution in [1.29, 1.82) is 0 Å². The molecule has 1 atom stereocenters. The van der Waals surface area contributed by atoms with Crippen molar-refractivity contribution in [2.45, 2.75) is 13.0 Å². The molecule has 0 aliphatic heterocycles. The molecule has 6 nitrogen and oxygen atoms in total. The minimum absolute atomic E-state index is 0.394. The fourth-order valence-electron chi connectivity index (χ4n) is 2.39. The summed E-state index contributed by atoms with van der Waals surface area (Å²) >= 11 is 5.82. The largest absolute Gasteiger partial charge is 0.481 e.